The number of hydrogen-bond acceptors (Lipinski definition) is 6. The predicted octanol–water partition coefficient (Wildman–Crippen LogP) is 2.64. The molecule has 0 saturated heterocycles. The molecule has 3 amide bonds. The van der Waals surface area contributed by atoms with E-state index in [1.807, 2.05) is 12.1 Å². The van der Waals surface area contributed by atoms with Gasteiger partial charge in [0.15, 0.2) is 5.01 Å². The van der Waals surface area contributed by atoms with Gasteiger partial charge in [0.25, 0.3) is 5.91 Å². The normalized spacial score (nSPS) is 12.9. The summed E-state index contributed by atoms with van der Waals surface area (Å²) in [7, 11) is 0. The molecule has 2 aromatic heterocycles. The molecule has 148 valence electrons. The van der Waals surface area contributed by atoms with E-state index in [4.69, 9.17) is 5.73 Å². The second kappa shape index (κ2) is 8.27. The number of anilines is 2. The number of carbonyl (C=O) groups excluding carboxylic acids is 2. The summed E-state index contributed by atoms with van der Waals surface area (Å²) in [6.45, 7) is 1.42. The van der Waals surface area contributed by atoms with E-state index in [9.17, 15) is 9.59 Å². The molecule has 0 saturated carbocycles. The number of amides is 3. The van der Waals surface area contributed by atoms with E-state index < -0.39 is 0 Å². The molecule has 29 heavy (non-hydrogen) atoms. The number of aromatic nitrogens is 2. The van der Waals surface area contributed by atoms with Crippen LogP contribution in [-0.2, 0) is 19.5 Å². The number of nitrogen functional groups attached to an aromatic ring is 1. The highest BCUT2D eigenvalue weighted by molar-refractivity contribution is 7.13. The van der Waals surface area contributed by atoms with Crippen molar-refractivity contribution in [2.24, 2.45) is 0 Å². The first-order chi connectivity index (χ1) is 14.1. The number of thiazole rings is 1. The molecule has 4 N–H and O–H groups in total. The molecule has 1 aliphatic rings. The second-order valence-corrected chi connectivity index (χ2v) is 7.71. The number of carbonyl (C=O) groups is 2. The third kappa shape index (κ3) is 4.35. The summed E-state index contributed by atoms with van der Waals surface area (Å²) < 4.78 is 0. The zero-order valence-corrected chi connectivity index (χ0v) is 16.4. The highest BCUT2D eigenvalue weighted by Crippen LogP contribution is 2.26. The average Bonchev–Trinajstić information content (AvgIpc) is 3.18. The Kier molecular flexibility index (Phi) is 5.39. The molecule has 0 atom stereocenters. The summed E-state index contributed by atoms with van der Waals surface area (Å²) in [5.74, 6) is -0.296. The van der Waals surface area contributed by atoms with Gasteiger partial charge in [-0.25, -0.2) is 9.78 Å². The fourth-order valence-electron chi connectivity index (χ4n) is 3.04. The molecule has 0 radical (unpaired) electrons. The number of benzene rings is 1. The lowest BCUT2D eigenvalue weighted by molar-refractivity contribution is 0.102. The Bertz CT molecular complexity index is 1040. The number of rotatable bonds is 4. The van der Waals surface area contributed by atoms with Crippen LogP contribution in [-0.4, -0.2) is 33.4 Å². The van der Waals surface area contributed by atoms with Crippen LogP contribution in [0.4, 0.5) is 16.2 Å². The minimum atomic E-state index is -0.296. The van der Waals surface area contributed by atoms with Crippen molar-refractivity contribution in [3.63, 3.8) is 0 Å². The van der Waals surface area contributed by atoms with Crippen LogP contribution < -0.4 is 16.4 Å². The molecular weight excluding hydrogens is 388 g/mol. The fraction of sp³-hybridized carbons (Fsp3) is 0.200. The Morgan fingerprint density at radius 1 is 1.21 bits per heavy atom. The summed E-state index contributed by atoms with van der Waals surface area (Å²) >= 11 is 1.31. The lowest BCUT2D eigenvalue weighted by Gasteiger charge is -2.26. The van der Waals surface area contributed by atoms with Crippen molar-refractivity contribution in [1.82, 2.24) is 20.2 Å². The summed E-state index contributed by atoms with van der Waals surface area (Å²) in [6.07, 6.45) is 4.04. The van der Waals surface area contributed by atoms with E-state index >= 15 is 0 Å². The molecule has 3 aromatic rings. The highest BCUT2D eigenvalue weighted by Gasteiger charge is 2.25. The molecule has 0 unspecified atom stereocenters. The summed E-state index contributed by atoms with van der Waals surface area (Å²) in [5, 5.41) is 6.07. The number of nitrogens with two attached hydrogens (primary N) is 1. The van der Waals surface area contributed by atoms with E-state index in [0.29, 0.717) is 42.4 Å². The van der Waals surface area contributed by atoms with E-state index in [1.165, 1.54) is 11.3 Å². The molecule has 1 aromatic carbocycles. The Hall–Kier alpha value is -3.46. The first-order valence-electron chi connectivity index (χ1n) is 9.16. The van der Waals surface area contributed by atoms with Gasteiger partial charge < -0.3 is 21.3 Å². The molecule has 0 spiro atoms. The monoisotopic (exact) mass is 408 g/mol. The van der Waals surface area contributed by atoms with E-state index in [1.54, 1.807) is 41.6 Å². The van der Waals surface area contributed by atoms with Crippen LogP contribution in [0.3, 0.4) is 0 Å². The second-order valence-electron chi connectivity index (χ2n) is 6.62. The van der Waals surface area contributed by atoms with Crippen LogP contribution >= 0.6 is 11.3 Å². The number of pyridine rings is 1. The third-order valence-corrected chi connectivity index (χ3v) is 5.67. The summed E-state index contributed by atoms with van der Waals surface area (Å²) in [5.41, 5.74) is 8.75. The molecule has 1 aliphatic heterocycles. The van der Waals surface area contributed by atoms with Gasteiger partial charge in [0.1, 0.15) is 0 Å². The molecule has 8 nitrogen and oxygen atoms in total. The topological polar surface area (TPSA) is 113 Å². The molecule has 4 rings (SSSR count). The standard InChI is InChI=1S/C20H20N6O2S/c21-14-5-1-2-6-15(14)24-18(27)19-25-16-7-9-26(12-17(16)29-19)20(28)23-11-13-4-3-8-22-10-13/h1-6,8,10H,7,9,11-12,21H2,(H,23,28)(H,24,27). The van der Waals surface area contributed by atoms with Crippen molar-refractivity contribution >= 4 is 34.6 Å². The van der Waals surface area contributed by atoms with Gasteiger partial charge in [-0.2, -0.15) is 0 Å². The first-order valence-corrected chi connectivity index (χ1v) is 9.98. The van der Waals surface area contributed by atoms with Crippen molar-refractivity contribution < 1.29 is 9.59 Å². The van der Waals surface area contributed by atoms with E-state index in [0.717, 1.165) is 16.1 Å². The van der Waals surface area contributed by atoms with E-state index in [-0.39, 0.29) is 11.9 Å². The summed E-state index contributed by atoms with van der Waals surface area (Å²) in [4.78, 5) is 36.2. The van der Waals surface area contributed by atoms with Gasteiger partial charge >= 0.3 is 6.03 Å². The molecule has 9 heteroatoms. The molecule has 0 aliphatic carbocycles. The minimum Gasteiger partial charge on any atom is -0.397 e. The van der Waals surface area contributed by atoms with Crippen LogP contribution in [0.1, 0.15) is 25.9 Å². The van der Waals surface area contributed by atoms with Gasteiger partial charge in [0, 0.05) is 36.8 Å². The lowest BCUT2D eigenvalue weighted by Crippen LogP contribution is -2.42. The predicted molar refractivity (Wildman–Crippen MR) is 112 cm³/mol. The number of nitrogens with one attached hydrogen (secondary N) is 2. The third-order valence-electron chi connectivity index (χ3n) is 4.59. The minimum absolute atomic E-state index is 0.143. The van der Waals surface area contributed by atoms with Crippen LogP contribution in [0.5, 0.6) is 0 Å². The van der Waals surface area contributed by atoms with E-state index in [2.05, 4.69) is 20.6 Å². The fourth-order valence-corrected chi connectivity index (χ4v) is 4.06. The summed E-state index contributed by atoms with van der Waals surface area (Å²) in [6, 6.07) is 10.7. The van der Waals surface area contributed by atoms with Gasteiger partial charge in [0.05, 0.1) is 23.6 Å². The van der Waals surface area contributed by atoms with Crippen molar-refractivity contribution in [3.05, 3.63) is 69.9 Å². The smallest absolute Gasteiger partial charge is 0.318 e. The van der Waals surface area contributed by atoms with Gasteiger partial charge in [-0.05, 0) is 23.8 Å². The zero-order chi connectivity index (χ0) is 20.2. The largest absolute Gasteiger partial charge is 0.397 e. The maximum atomic E-state index is 12.5. The van der Waals surface area contributed by atoms with Gasteiger partial charge in [0.2, 0.25) is 0 Å². The number of fused-ring (bicyclic) bond motifs is 1. The van der Waals surface area contributed by atoms with Crippen LogP contribution in [0.15, 0.2) is 48.8 Å². The quantitative estimate of drug-likeness (QED) is 0.575. The highest BCUT2D eigenvalue weighted by atomic mass is 32.1. The molecule has 0 bridgehead atoms. The average molecular weight is 408 g/mol. The molecule has 3 heterocycles. The van der Waals surface area contributed by atoms with Crippen molar-refractivity contribution in [1.29, 1.82) is 0 Å². The van der Waals surface area contributed by atoms with Crippen molar-refractivity contribution in [2.75, 3.05) is 17.6 Å². The zero-order valence-electron chi connectivity index (χ0n) is 15.6. The molecule has 0 fully saturated rings. The van der Waals surface area contributed by atoms with Gasteiger partial charge in [-0.15, -0.1) is 11.3 Å². The van der Waals surface area contributed by atoms with Crippen molar-refractivity contribution in [2.45, 2.75) is 19.5 Å². The van der Waals surface area contributed by atoms with Crippen LogP contribution in [0, 0.1) is 0 Å². The Morgan fingerprint density at radius 3 is 2.86 bits per heavy atom. The van der Waals surface area contributed by atoms with Crippen LogP contribution in [0.25, 0.3) is 0 Å². The number of para-hydroxylation sites is 2. The number of hydrogen-bond donors (Lipinski definition) is 3. The molecular formula is C20H20N6O2S. The Morgan fingerprint density at radius 2 is 2.07 bits per heavy atom. The van der Waals surface area contributed by atoms with Crippen LogP contribution in [0.2, 0.25) is 0 Å². The van der Waals surface area contributed by atoms with Crippen molar-refractivity contribution in [3.8, 4) is 0 Å². The maximum absolute atomic E-state index is 12.5. The number of urea groups is 1. The lowest BCUT2D eigenvalue weighted by atomic mass is 10.2. The van der Waals surface area contributed by atoms with Gasteiger partial charge in [-0.3, -0.25) is 9.78 Å². The first kappa shape index (κ1) is 18.9. The Balaban J connectivity index is 1.38. The Labute approximate surface area is 171 Å². The van der Waals surface area contributed by atoms with Gasteiger partial charge in [-0.1, -0.05) is 18.2 Å². The SMILES string of the molecule is Nc1ccccc1NC(=O)c1nc2c(s1)CN(C(=O)NCc1cccnc1)CC2. The number of nitrogens with zero attached hydrogens (tertiary/aromatic N) is 3. The maximum Gasteiger partial charge on any atom is 0.318 e.